The zero-order valence-corrected chi connectivity index (χ0v) is 9.13. The van der Waals surface area contributed by atoms with E-state index in [4.69, 9.17) is 4.55 Å². The summed E-state index contributed by atoms with van der Waals surface area (Å²) in [5.74, 6) is -0.217. The molecule has 0 aliphatic rings. The van der Waals surface area contributed by atoms with Crippen LogP contribution in [0.5, 0.6) is 0 Å². The third-order valence-corrected chi connectivity index (χ3v) is 2.42. The molecule has 14 heavy (non-hydrogen) atoms. The SMILES string of the molecule is C=NC(=C)CN(C)CCCS(=O)(=O)O. The third-order valence-electron chi connectivity index (χ3n) is 1.62. The molecule has 0 aliphatic heterocycles. The van der Waals surface area contributed by atoms with Crippen LogP contribution in [-0.2, 0) is 10.1 Å². The third kappa shape index (κ3) is 7.90. The fourth-order valence-corrected chi connectivity index (χ4v) is 1.45. The van der Waals surface area contributed by atoms with Gasteiger partial charge in [-0.3, -0.25) is 9.55 Å². The number of hydrogen-bond acceptors (Lipinski definition) is 4. The normalized spacial score (nSPS) is 11.6. The Kier molecular flexibility index (Phi) is 5.59. The fraction of sp³-hybridized carbons (Fsp3) is 0.625. The second kappa shape index (κ2) is 5.90. The van der Waals surface area contributed by atoms with Gasteiger partial charge in [-0.05, 0) is 26.7 Å². The summed E-state index contributed by atoms with van der Waals surface area (Å²) < 4.78 is 29.2. The maximum Gasteiger partial charge on any atom is 0.264 e. The molecule has 0 atom stereocenters. The van der Waals surface area contributed by atoms with E-state index in [0.717, 1.165) is 0 Å². The minimum absolute atomic E-state index is 0.217. The average Bonchev–Trinajstić information content (AvgIpc) is 2.01. The number of nitrogens with zero attached hydrogens (tertiary/aromatic N) is 2. The number of aliphatic imine (C=N–C) groups is 1. The zero-order chi connectivity index (χ0) is 11.2. The monoisotopic (exact) mass is 220 g/mol. The molecular formula is C8H16N2O3S. The molecule has 0 radical (unpaired) electrons. The Morgan fingerprint density at radius 3 is 2.57 bits per heavy atom. The van der Waals surface area contributed by atoms with Crippen LogP contribution in [0.4, 0.5) is 0 Å². The Bertz CT molecular complexity index is 298. The predicted octanol–water partition coefficient (Wildman–Crippen LogP) is 0.410. The van der Waals surface area contributed by atoms with Gasteiger partial charge >= 0.3 is 0 Å². The van der Waals surface area contributed by atoms with Crippen LogP contribution in [0.3, 0.4) is 0 Å². The van der Waals surface area contributed by atoms with E-state index in [0.29, 0.717) is 25.2 Å². The van der Waals surface area contributed by atoms with Gasteiger partial charge in [0.15, 0.2) is 0 Å². The Balaban J connectivity index is 3.70. The molecule has 0 heterocycles. The summed E-state index contributed by atoms with van der Waals surface area (Å²) in [5.41, 5.74) is 0.638. The van der Waals surface area contributed by atoms with Gasteiger partial charge in [0.1, 0.15) is 0 Å². The van der Waals surface area contributed by atoms with Crippen LogP contribution in [0, 0.1) is 0 Å². The summed E-state index contributed by atoms with van der Waals surface area (Å²) >= 11 is 0. The van der Waals surface area contributed by atoms with Gasteiger partial charge in [-0.2, -0.15) is 8.42 Å². The Hall–Kier alpha value is -0.720. The molecule has 0 aromatic rings. The molecule has 0 aromatic heterocycles. The zero-order valence-electron chi connectivity index (χ0n) is 8.31. The average molecular weight is 220 g/mol. The number of rotatable bonds is 7. The highest BCUT2D eigenvalue weighted by Gasteiger charge is 2.05. The van der Waals surface area contributed by atoms with Crippen LogP contribution >= 0.6 is 0 Å². The maximum absolute atomic E-state index is 10.4. The highest BCUT2D eigenvalue weighted by atomic mass is 32.2. The van der Waals surface area contributed by atoms with Gasteiger partial charge in [-0.25, -0.2) is 0 Å². The molecule has 0 fully saturated rings. The fourth-order valence-electron chi connectivity index (χ4n) is 0.957. The quantitative estimate of drug-likeness (QED) is 0.498. The minimum Gasteiger partial charge on any atom is -0.301 e. The Labute approximate surface area is 84.9 Å². The van der Waals surface area contributed by atoms with E-state index in [1.807, 2.05) is 11.9 Å². The molecule has 82 valence electrons. The van der Waals surface area contributed by atoms with Gasteiger partial charge < -0.3 is 4.90 Å². The summed E-state index contributed by atoms with van der Waals surface area (Å²) in [5, 5.41) is 0. The molecule has 0 amide bonds. The smallest absolute Gasteiger partial charge is 0.264 e. The molecule has 0 saturated heterocycles. The van der Waals surface area contributed by atoms with E-state index >= 15 is 0 Å². The van der Waals surface area contributed by atoms with Crippen molar-refractivity contribution in [2.75, 3.05) is 25.9 Å². The van der Waals surface area contributed by atoms with Crippen molar-refractivity contribution in [2.45, 2.75) is 6.42 Å². The Morgan fingerprint density at radius 2 is 2.14 bits per heavy atom. The van der Waals surface area contributed by atoms with Crippen molar-refractivity contribution >= 4 is 16.8 Å². The van der Waals surface area contributed by atoms with Crippen LogP contribution in [0.15, 0.2) is 17.3 Å². The predicted molar refractivity (Wildman–Crippen MR) is 57.2 cm³/mol. The van der Waals surface area contributed by atoms with Crippen molar-refractivity contribution in [3.8, 4) is 0 Å². The van der Waals surface area contributed by atoms with Gasteiger partial charge in [0, 0.05) is 12.2 Å². The minimum atomic E-state index is -3.84. The largest absolute Gasteiger partial charge is 0.301 e. The van der Waals surface area contributed by atoms with Crippen LogP contribution in [0.25, 0.3) is 0 Å². The van der Waals surface area contributed by atoms with Crippen molar-refractivity contribution in [3.63, 3.8) is 0 Å². The van der Waals surface area contributed by atoms with Gasteiger partial charge in [0.25, 0.3) is 10.1 Å². The van der Waals surface area contributed by atoms with Crippen LogP contribution in [0.1, 0.15) is 6.42 Å². The lowest BCUT2D eigenvalue weighted by atomic mass is 10.4. The summed E-state index contributed by atoms with van der Waals surface area (Å²) in [6.45, 7) is 8.07. The molecular weight excluding hydrogens is 204 g/mol. The second-order valence-electron chi connectivity index (χ2n) is 3.10. The lowest BCUT2D eigenvalue weighted by molar-refractivity contribution is 0.360. The van der Waals surface area contributed by atoms with Crippen LogP contribution in [-0.4, -0.2) is 50.5 Å². The van der Waals surface area contributed by atoms with E-state index in [1.54, 1.807) is 0 Å². The van der Waals surface area contributed by atoms with Crippen LogP contribution in [0.2, 0.25) is 0 Å². The van der Waals surface area contributed by atoms with Crippen molar-refractivity contribution in [3.05, 3.63) is 12.3 Å². The van der Waals surface area contributed by atoms with Crippen molar-refractivity contribution < 1.29 is 13.0 Å². The molecule has 0 aliphatic carbocycles. The van der Waals surface area contributed by atoms with Crippen molar-refractivity contribution in [2.24, 2.45) is 4.99 Å². The molecule has 0 aromatic carbocycles. The number of likely N-dealkylation sites (N-methyl/N-ethyl adjacent to an activating group) is 1. The summed E-state index contributed by atoms with van der Waals surface area (Å²) in [6.07, 6.45) is 0.389. The first-order valence-corrected chi connectivity index (χ1v) is 5.74. The van der Waals surface area contributed by atoms with Gasteiger partial charge in [0.2, 0.25) is 0 Å². The van der Waals surface area contributed by atoms with Crippen LogP contribution < -0.4 is 0 Å². The Morgan fingerprint density at radius 1 is 1.57 bits per heavy atom. The molecule has 0 bridgehead atoms. The van der Waals surface area contributed by atoms with E-state index < -0.39 is 10.1 Å². The lowest BCUT2D eigenvalue weighted by Crippen LogP contribution is -2.23. The molecule has 0 unspecified atom stereocenters. The molecule has 0 spiro atoms. The molecule has 5 nitrogen and oxygen atoms in total. The van der Waals surface area contributed by atoms with E-state index in [1.165, 1.54) is 0 Å². The topological polar surface area (TPSA) is 70.0 Å². The van der Waals surface area contributed by atoms with Crippen molar-refractivity contribution in [1.29, 1.82) is 0 Å². The lowest BCUT2D eigenvalue weighted by Gasteiger charge is -2.15. The van der Waals surface area contributed by atoms with Gasteiger partial charge in [-0.1, -0.05) is 6.58 Å². The number of hydrogen-bond donors (Lipinski definition) is 1. The molecule has 6 heteroatoms. The first-order chi connectivity index (χ1) is 6.35. The standard InChI is InChI=1S/C8H16N2O3S/c1-8(9-2)7-10(3)5-4-6-14(11,12)13/h1-2,4-7H2,3H3,(H,11,12,13). The first-order valence-electron chi connectivity index (χ1n) is 4.13. The summed E-state index contributed by atoms with van der Waals surface area (Å²) in [4.78, 5) is 5.49. The molecule has 0 rings (SSSR count). The maximum atomic E-state index is 10.4. The highest BCUT2D eigenvalue weighted by molar-refractivity contribution is 7.85. The van der Waals surface area contributed by atoms with Gasteiger partial charge in [-0.15, -0.1) is 0 Å². The highest BCUT2D eigenvalue weighted by Crippen LogP contribution is 1.97. The van der Waals surface area contributed by atoms with Crippen molar-refractivity contribution in [1.82, 2.24) is 4.90 Å². The second-order valence-corrected chi connectivity index (χ2v) is 4.67. The molecule has 1 N–H and O–H groups in total. The van der Waals surface area contributed by atoms with E-state index in [2.05, 4.69) is 18.3 Å². The van der Waals surface area contributed by atoms with E-state index in [-0.39, 0.29) is 5.75 Å². The summed E-state index contributed by atoms with van der Waals surface area (Å²) in [7, 11) is -2.02. The van der Waals surface area contributed by atoms with Gasteiger partial charge in [0.05, 0.1) is 5.75 Å². The van der Waals surface area contributed by atoms with E-state index in [9.17, 15) is 8.42 Å². The first kappa shape index (κ1) is 13.3. The summed E-state index contributed by atoms with van der Waals surface area (Å²) in [6, 6.07) is 0. The molecule has 0 saturated carbocycles.